The Hall–Kier alpha value is -2.10. The zero-order chi connectivity index (χ0) is 14.3. The Kier molecular flexibility index (Phi) is 5.79. The summed E-state index contributed by atoms with van der Waals surface area (Å²) in [5.41, 5.74) is 8.82. The second kappa shape index (κ2) is 7.36. The fourth-order valence-corrected chi connectivity index (χ4v) is 1.62. The Balaban J connectivity index is 0.000000861. The zero-order valence-corrected chi connectivity index (χ0v) is 12.1. The molecule has 0 aliphatic heterocycles. The molecule has 0 spiro atoms. The predicted octanol–water partition coefficient (Wildman–Crippen LogP) is 3.60. The summed E-state index contributed by atoms with van der Waals surface area (Å²) >= 11 is 0. The highest BCUT2D eigenvalue weighted by Crippen LogP contribution is 2.15. The van der Waals surface area contributed by atoms with Crippen LogP contribution < -0.4 is 11.1 Å². The van der Waals surface area contributed by atoms with Crippen LogP contribution in [0.15, 0.2) is 41.6 Å². The number of nitrogens with one attached hydrogen (secondary N) is 1. The summed E-state index contributed by atoms with van der Waals surface area (Å²) in [5, 5.41) is 3.23. The molecule has 4 nitrogen and oxygen atoms in total. The number of hydrogen-bond donors (Lipinski definition) is 2. The van der Waals surface area contributed by atoms with Crippen molar-refractivity contribution in [1.29, 1.82) is 0 Å². The molecule has 1 aromatic heterocycles. The second-order valence-corrected chi connectivity index (χ2v) is 4.11. The van der Waals surface area contributed by atoms with Crippen molar-refractivity contribution in [2.24, 2.45) is 0 Å². The third-order valence-corrected chi connectivity index (χ3v) is 2.44. The van der Waals surface area contributed by atoms with Crippen LogP contribution in [0.4, 0.5) is 11.8 Å². The number of nitrogens with two attached hydrogens (primary N) is 1. The molecular weight excluding hydrogens is 236 g/mol. The number of aromatic nitrogens is 2. The summed E-state index contributed by atoms with van der Waals surface area (Å²) in [6, 6.07) is 1.87. The minimum Gasteiger partial charge on any atom is -0.368 e. The van der Waals surface area contributed by atoms with E-state index in [1.54, 1.807) is 0 Å². The summed E-state index contributed by atoms with van der Waals surface area (Å²) in [5.74, 6) is 1.02. The average Bonchev–Trinajstić information content (AvgIpc) is 2.56. The predicted molar refractivity (Wildman–Crippen MR) is 81.7 cm³/mol. The van der Waals surface area contributed by atoms with E-state index >= 15 is 0 Å². The second-order valence-electron chi connectivity index (χ2n) is 4.11. The lowest BCUT2D eigenvalue weighted by Gasteiger charge is -2.07. The van der Waals surface area contributed by atoms with Gasteiger partial charge in [-0.25, -0.2) is 4.98 Å². The van der Waals surface area contributed by atoms with Gasteiger partial charge in [0.15, 0.2) is 0 Å². The van der Waals surface area contributed by atoms with Gasteiger partial charge in [-0.15, -0.1) is 0 Å². The number of rotatable bonds is 2. The van der Waals surface area contributed by atoms with Gasteiger partial charge >= 0.3 is 0 Å². The third kappa shape index (κ3) is 4.95. The van der Waals surface area contributed by atoms with Gasteiger partial charge in [-0.05, 0) is 26.3 Å². The first kappa shape index (κ1) is 15.0. The minimum absolute atomic E-state index is 0.292. The van der Waals surface area contributed by atoms with Crippen LogP contribution in [0, 0.1) is 6.92 Å². The van der Waals surface area contributed by atoms with Crippen molar-refractivity contribution in [2.75, 3.05) is 11.1 Å². The molecule has 0 unspecified atom stereocenters. The lowest BCUT2D eigenvalue weighted by molar-refractivity contribution is 1.11. The molecule has 0 saturated heterocycles. The van der Waals surface area contributed by atoms with Crippen LogP contribution in [0.25, 0.3) is 0 Å². The Bertz CT molecular complexity index is 493. The maximum atomic E-state index is 5.61. The third-order valence-electron chi connectivity index (χ3n) is 2.44. The molecule has 0 bridgehead atoms. The van der Waals surface area contributed by atoms with Crippen molar-refractivity contribution in [2.45, 2.75) is 34.1 Å². The van der Waals surface area contributed by atoms with E-state index in [1.165, 1.54) is 5.57 Å². The van der Waals surface area contributed by atoms with Gasteiger partial charge < -0.3 is 11.1 Å². The maximum absolute atomic E-state index is 5.61. The SMILES string of the molecule is CC.CC1=CC=CC(Nc2cc(C)nc(N)n2)=CC1. The molecular formula is C15H22N4. The molecule has 1 aliphatic rings. The van der Waals surface area contributed by atoms with Crippen LogP contribution in [0.3, 0.4) is 0 Å². The molecule has 3 N–H and O–H groups in total. The summed E-state index contributed by atoms with van der Waals surface area (Å²) in [4.78, 5) is 8.18. The standard InChI is InChI=1S/C13H16N4.C2H6/c1-9-4-3-5-11(7-6-9)16-12-8-10(2)15-13(14)17-12;1-2/h3-5,7-8H,6H2,1-2H3,(H3,14,15,16,17);1-2H3. The largest absolute Gasteiger partial charge is 0.368 e. The minimum atomic E-state index is 0.292. The van der Waals surface area contributed by atoms with Crippen LogP contribution in [-0.2, 0) is 0 Å². The first-order valence-electron chi connectivity index (χ1n) is 6.55. The highest BCUT2D eigenvalue weighted by Gasteiger charge is 2.01. The normalized spacial score (nSPS) is 13.7. The molecule has 1 heterocycles. The zero-order valence-electron chi connectivity index (χ0n) is 12.1. The maximum Gasteiger partial charge on any atom is 0.222 e. The molecule has 0 aromatic carbocycles. The van der Waals surface area contributed by atoms with Gasteiger partial charge in [0.2, 0.25) is 5.95 Å². The van der Waals surface area contributed by atoms with Gasteiger partial charge in [0.05, 0.1) is 0 Å². The molecule has 0 radical (unpaired) electrons. The average molecular weight is 258 g/mol. The van der Waals surface area contributed by atoms with E-state index < -0.39 is 0 Å². The van der Waals surface area contributed by atoms with Crippen molar-refractivity contribution in [3.63, 3.8) is 0 Å². The summed E-state index contributed by atoms with van der Waals surface area (Å²) < 4.78 is 0. The van der Waals surface area contributed by atoms with Crippen molar-refractivity contribution >= 4 is 11.8 Å². The highest BCUT2D eigenvalue weighted by atomic mass is 15.1. The quantitative estimate of drug-likeness (QED) is 0.850. The van der Waals surface area contributed by atoms with Crippen LogP contribution in [0.1, 0.15) is 32.9 Å². The first-order chi connectivity index (χ1) is 9.13. The van der Waals surface area contributed by atoms with Crippen molar-refractivity contribution < 1.29 is 0 Å². The number of hydrogen-bond acceptors (Lipinski definition) is 4. The van der Waals surface area contributed by atoms with Gasteiger partial charge in [-0.3, -0.25) is 0 Å². The van der Waals surface area contributed by atoms with Crippen molar-refractivity contribution in [3.8, 4) is 0 Å². The molecule has 4 heteroatoms. The topological polar surface area (TPSA) is 63.8 Å². The summed E-state index contributed by atoms with van der Waals surface area (Å²) in [6.45, 7) is 8.00. The summed E-state index contributed by atoms with van der Waals surface area (Å²) in [6.07, 6.45) is 9.21. The molecule has 2 rings (SSSR count). The molecule has 1 aromatic rings. The fraction of sp³-hybridized carbons (Fsp3) is 0.333. The van der Waals surface area contributed by atoms with Gasteiger partial charge in [0.25, 0.3) is 0 Å². The van der Waals surface area contributed by atoms with Crippen LogP contribution >= 0.6 is 0 Å². The van der Waals surface area contributed by atoms with E-state index in [1.807, 2.05) is 39.0 Å². The molecule has 102 valence electrons. The smallest absolute Gasteiger partial charge is 0.222 e. The lowest BCUT2D eigenvalue weighted by Crippen LogP contribution is -2.04. The highest BCUT2D eigenvalue weighted by molar-refractivity contribution is 5.49. The van der Waals surface area contributed by atoms with Crippen molar-refractivity contribution in [1.82, 2.24) is 9.97 Å². The Morgan fingerprint density at radius 1 is 1.21 bits per heavy atom. The van der Waals surface area contributed by atoms with E-state index in [-0.39, 0.29) is 0 Å². The van der Waals surface area contributed by atoms with Gasteiger partial charge in [-0.2, -0.15) is 4.98 Å². The van der Waals surface area contributed by atoms with E-state index in [0.29, 0.717) is 5.95 Å². The molecule has 0 fully saturated rings. The number of anilines is 2. The lowest BCUT2D eigenvalue weighted by atomic mass is 10.2. The summed E-state index contributed by atoms with van der Waals surface area (Å²) in [7, 11) is 0. The van der Waals surface area contributed by atoms with Gasteiger partial charge in [0.1, 0.15) is 5.82 Å². The van der Waals surface area contributed by atoms with E-state index in [0.717, 1.165) is 23.6 Å². The number of nitrogen functional groups attached to an aromatic ring is 1. The number of aryl methyl sites for hydroxylation is 1. The Labute approximate surface area is 115 Å². The molecule has 0 amide bonds. The Morgan fingerprint density at radius 3 is 2.63 bits per heavy atom. The Morgan fingerprint density at radius 2 is 1.95 bits per heavy atom. The number of allylic oxidation sites excluding steroid dienone is 5. The van der Waals surface area contributed by atoms with Gasteiger partial charge in [-0.1, -0.05) is 37.6 Å². The van der Waals surface area contributed by atoms with Crippen LogP contribution in [0.2, 0.25) is 0 Å². The monoisotopic (exact) mass is 258 g/mol. The van der Waals surface area contributed by atoms with E-state index in [2.05, 4.69) is 34.4 Å². The number of nitrogens with zero attached hydrogens (tertiary/aromatic N) is 2. The van der Waals surface area contributed by atoms with Crippen LogP contribution in [0.5, 0.6) is 0 Å². The van der Waals surface area contributed by atoms with E-state index in [9.17, 15) is 0 Å². The van der Waals surface area contributed by atoms with Crippen LogP contribution in [-0.4, -0.2) is 9.97 Å². The van der Waals surface area contributed by atoms with Crippen molar-refractivity contribution in [3.05, 3.63) is 47.3 Å². The fourth-order valence-electron chi connectivity index (χ4n) is 1.62. The molecule has 0 saturated carbocycles. The molecule has 0 atom stereocenters. The van der Waals surface area contributed by atoms with E-state index in [4.69, 9.17) is 5.73 Å². The molecule has 1 aliphatic carbocycles. The first-order valence-corrected chi connectivity index (χ1v) is 6.55. The molecule has 19 heavy (non-hydrogen) atoms. The van der Waals surface area contributed by atoms with Gasteiger partial charge in [0, 0.05) is 17.5 Å².